The Labute approximate surface area is 113 Å². The van der Waals surface area contributed by atoms with E-state index in [1.807, 2.05) is 32.9 Å². The minimum Gasteiger partial charge on any atom is -0.444 e. The van der Waals surface area contributed by atoms with Crippen LogP contribution >= 0.6 is 0 Å². The number of carbonyl (C=O) groups excluding carboxylic acids is 1. The average Bonchev–Trinajstić information content (AvgIpc) is 2.25. The molecule has 1 amide bonds. The number of carbonyl (C=O) groups is 1. The van der Waals surface area contributed by atoms with Gasteiger partial charge in [-0.2, -0.15) is 0 Å². The summed E-state index contributed by atoms with van der Waals surface area (Å²) in [5.74, 6) is 0.0300. The molecule has 2 heterocycles. The Morgan fingerprint density at radius 1 is 1.47 bits per heavy atom. The molecule has 0 radical (unpaired) electrons. The second-order valence-electron chi connectivity index (χ2n) is 5.84. The third kappa shape index (κ3) is 3.44. The van der Waals surface area contributed by atoms with Crippen molar-refractivity contribution in [2.45, 2.75) is 32.5 Å². The van der Waals surface area contributed by atoms with E-state index in [2.05, 4.69) is 4.98 Å². The molecular weight excluding hydrogens is 244 g/mol. The van der Waals surface area contributed by atoms with Crippen LogP contribution in [0, 0.1) is 5.92 Å². The van der Waals surface area contributed by atoms with E-state index in [0.717, 1.165) is 0 Å². The Morgan fingerprint density at radius 3 is 2.68 bits per heavy atom. The second kappa shape index (κ2) is 5.17. The molecule has 1 aromatic rings. The Kier molecular flexibility index (Phi) is 3.75. The third-order valence-corrected chi connectivity index (χ3v) is 3.00. The maximum absolute atomic E-state index is 11.8. The number of aliphatic hydroxyl groups excluding tert-OH is 1. The highest BCUT2D eigenvalue weighted by atomic mass is 16.6. The quantitative estimate of drug-likeness (QED) is 0.887. The van der Waals surface area contributed by atoms with E-state index in [0.29, 0.717) is 18.8 Å². The lowest BCUT2D eigenvalue weighted by Crippen LogP contribution is -2.53. The highest BCUT2D eigenvalue weighted by molar-refractivity contribution is 5.69. The average molecular weight is 264 g/mol. The summed E-state index contributed by atoms with van der Waals surface area (Å²) < 4.78 is 5.27. The van der Waals surface area contributed by atoms with Crippen LogP contribution in [-0.4, -0.2) is 39.8 Å². The van der Waals surface area contributed by atoms with Gasteiger partial charge in [0.1, 0.15) is 11.7 Å². The topological polar surface area (TPSA) is 62.7 Å². The van der Waals surface area contributed by atoms with Gasteiger partial charge in [-0.25, -0.2) is 4.79 Å². The number of hydrogen-bond donors (Lipinski definition) is 1. The Balaban J connectivity index is 1.85. The molecule has 0 saturated carbocycles. The van der Waals surface area contributed by atoms with Gasteiger partial charge in [-0.15, -0.1) is 0 Å². The van der Waals surface area contributed by atoms with Crippen molar-refractivity contribution in [1.29, 1.82) is 0 Å². The van der Waals surface area contributed by atoms with Gasteiger partial charge >= 0.3 is 6.09 Å². The minimum absolute atomic E-state index is 0.0300. The van der Waals surface area contributed by atoms with Crippen molar-refractivity contribution < 1.29 is 14.6 Å². The summed E-state index contributed by atoms with van der Waals surface area (Å²) in [6.07, 6.45) is 0.708. The molecule has 1 aromatic heterocycles. The number of aliphatic hydroxyl groups is 1. The number of hydrogen-bond acceptors (Lipinski definition) is 4. The number of rotatable bonds is 2. The molecule has 104 valence electrons. The van der Waals surface area contributed by atoms with Crippen LogP contribution in [0.2, 0.25) is 0 Å². The zero-order chi connectivity index (χ0) is 14.0. The molecule has 1 fully saturated rings. The molecule has 0 aromatic carbocycles. The highest BCUT2D eigenvalue weighted by Crippen LogP contribution is 2.29. The van der Waals surface area contributed by atoms with Crippen LogP contribution in [0.25, 0.3) is 0 Å². The Morgan fingerprint density at radius 2 is 2.16 bits per heavy atom. The smallest absolute Gasteiger partial charge is 0.410 e. The molecule has 1 unspecified atom stereocenters. The molecular formula is C14H20N2O3. The normalized spacial score (nSPS) is 17.8. The van der Waals surface area contributed by atoms with E-state index in [1.165, 1.54) is 0 Å². The van der Waals surface area contributed by atoms with Gasteiger partial charge in [0.25, 0.3) is 0 Å². The molecule has 1 saturated heterocycles. The van der Waals surface area contributed by atoms with Crippen LogP contribution in [0.4, 0.5) is 4.79 Å². The lowest BCUT2D eigenvalue weighted by molar-refractivity contribution is -0.0324. The number of ether oxygens (including phenoxy) is 1. The van der Waals surface area contributed by atoms with Crippen LogP contribution in [0.15, 0.2) is 24.4 Å². The molecule has 1 atom stereocenters. The fraction of sp³-hybridized carbons (Fsp3) is 0.571. The maximum Gasteiger partial charge on any atom is 0.410 e. The highest BCUT2D eigenvalue weighted by Gasteiger charge is 2.38. The minimum atomic E-state index is -0.625. The Hall–Kier alpha value is -1.62. The summed E-state index contributed by atoms with van der Waals surface area (Å²) >= 11 is 0. The summed E-state index contributed by atoms with van der Waals surface area (Å²) in [7, 11) is 0. The second-order valence-corrected chi connectivity index (χ2v) is 5.84. The first-order chi connectivity index (χ1) is 8.87. The summed E-state index contributed by atoms with van der Waals surface area (Å²) in [5, 5.41) is 10.1. The van der Waals surface area contributed by atoms with Crippen molar-refractivity contribution in [2.75, 3.05) is 13.1 Å². The SMILES string of the molecule is CC(C)(C)OC(=O)N1CC(C(O)c2ccccn2)C1. The molecule has 0 aliphatic carbocycles. The van der Waals surface area contributed by atoms with E-state index in [4.69, 9.17) is 4.74 Å². The van der Waals surface area contributed by atoms with E-state index in [9.17, 15) is 9.90 Å². The van der Waals surface area contributed by atoms with Crippen molar-refractivity contribution in [1.82, 2.24) is 9.88 Å². The largest absolute Gasteiger partial charge is 0.444 e. The fourth-order valence-corrected chi connectivity index (χ4v) is 1.98. The first kappa shape index (κ1) is 13.8. The number of amides is 1. The van der Waals surface area contributed by atoms with Crippen LogP contribution < -0.4 is 0 Å². The molecule has 19 heavy (non-hydrogen) atoms. The van der Waals surface area contributed by atoms with Gasteiger partial charge in [-0.3, -0.25) is 4.98 Å². The first-order valence-electron chi connectivity index (χ1n) is 6.44. The van der Waals surface area contributed by atoms with Crippen LogP contribution in [0.3, 0.4) is 0 Å². The van der Waals surface area contributed by atoms with Crippen molar-refractivity contribution in [3.8, 4) is 0 Å². The van der Waals surface area contributed by atoms with Gasteiger partial charge in [0.15, 0.2) is 0 Å². The van der Waals surface area contributed by atoms with Gasteiger partial charge in [-0.1, -0.05) is 6.07 Å². The molecule has 1 N–H and O–H groups in total. The molecule has 5 nitrogen and oxygen atoms in total. The molecule has 0 bridgehead atoms. The van der Waals surface area contributed by atoms with Crippen molar-refractivity contribution >= 4 is 6.09 Å². The van der Waals surface area contributed by atoms with Gasteiger partial charge in [0.05, 0.1) is 5.69 Å². The summed E-state index contributed by atoms with van der Waals surface area (Å²) in [6.45, 7) is 6.53. The molecule has 5 heteroatoms. The third-order valence-electron chi connectivity index (χ3n) is 3.00. The number of nitrogens with zero attached hydrogens (tertiary/aromatic N) is 2. The maximum atomic E-state index is 11.8. The summed E-state index contributed by atoms with van der Waals surface area (Å²) in [4.78, 5) is 17.5. The van der Waals surface area contributed by atoms with Crippen LogP contribution in [0.5, 0.6) is 0 Å². The van der Waals surface area contributed by atoms with Gasteiger partial charge < -0.3 is 14.7 Å². The standard InChI is InChI=1S/C14H20N2O3/c1-14(2,3)19-13(18)16-8-10(9-16)12(17)11-6-4-5-7-15-11/h4-7,10,12,17H,8-9H2,1-3H3. The number of likely N-dealkylation sites (tertiary alicyclic amines) is 1. The monoisotopic (exact) mass is 264 g/mol. The zero-order valence-electron chi connectivity index (χ0n) is 11.5. The number of pyridine rings is 1. The molecule has 1 aliphatic heterocycles. The Bertz CT molecular complexity index is 436. The van der Waals surface area contributed by atoms with E-state index >= 15 is 0 Å². The molecule has 0 spiro atoms. The van der Waals surface area contributed by atoms with Crippen molar-refractivity contribution in [2.24, 2.45) is 5.92 Å². The summed E-state index contributed by atoms with van der Waals surface area (Å²) in [5.41, 5.74) is 0.165. The molecule has 1 aliphatic rings. The predicted molar refractivity (Wildman–Crippen MR) is 70.5 cm³/mol. The fourth-order valence-electron chi connectivity index (χ4n) is 1.98. The van der Waals surface area contributed by atoms with Crippen molar-refractivity contribution in [3.05, 3.63) is 30.1 Å². The number of aromatic nitrogens is 1. The molecule has 2 rings (SSSR count). The van der Waals surface area contributed by atoms with Crippen LogP contribution in [0.1, 0.15) is 32.6 Å². The van der Waals surface area contributed by atoms with E-state index < -0.39 is 11.7 Å². The lowest BCUT2D eigenvalue weighted by Gasteiger charge is -2.41. The van der Waals surface area contributed by atoms with Gasteiger partial charge in [-0.05, 0) is 32.9 Å². The van der Waals surface area contributed by atoms with Gasteiger partial charge in [0.2, 0.25) is 0 Å². The zero-order valence-corrected chi connectivity index (χ0v) is 11.5. The van der Waals surface area contributed by atoms with E-state index in [-0.39, 0.29) is 12.0 Å². The first-order valence-corrected chi connectivity index (χ1v) is 6.44. The summed E-state index contributed by atoms with van der Waals surface area (Å²) in [6, 6.07) is 5.45. The lowest BCUT2D eigenvalue weighted by atomic mass is 9.92. The predicted octanol–water partition coefficient (Wildman–Crippen LogP) is 1.98. The van der Waals surface area contributed by atoms with Crippen molar-refractivity contribution in [3.63, 3.8) is 0 Å². The van der Waals surface area contributed by atoms with Gasteiger partial charge in [0, 0.05) is 25.2 Å². The van der Waals surface area contributed by atoms with Crippen LogP contribution in [-0.2, 0) is 4.74 Å². The van der Waals surface area contributed by atoms with E-state index in [1.54, 1.807) is 17.2 Å².